The molecule has 2 amide bonds. The molecule has 1 aromatic heterocycles. The summed E-state index contributed by atoms with van der Waals surface area (Å²) < 4.78 is 0. The molecule has 0 fully saturated rings. The maximum atomic E-state index is 11.9. The molecule has 7 heteroatoms. The van der Waals surface area contributed by atoms with Gasteiger partial charge in [0.1, 0.15) is 5.69 Å². The highest BCUT2D eigenvalue weighted by molar-refractivity contribution is 5.98. The quantitative estimate of drug-likeness (QED) is 0.704. The van der Waals surface area contributed by atoms with Gasteiger partial charge >= 0.3 is 0 Å². The van der Waals surface area contributed by atoms with E-state index in [1.54, 1.807) is 0 Å². The topological polar surface area (TPSA) is 104 Å². The lowest BCUT2D eigenvalue weighted by Gasteiger charge is -2.23. The molecule has 0 aliphatic carbocycles. The highest BCUT2D eigenvalue weighted by atomic mass is 16.2. The molecule has 0 saturated carbocycles. The van der Waals surface area contributed by atoms with Gasteiger partial charge in [0.15, 0.2) is 0 Å². The smallest absolute Gasteiger partial charge is 0.274 e. The number of likely N-dealkylation sites (N-methyl/N-ethyl adjacent to an activating group) is 1. The number of aromatic amines is 1. The number of nitrogen functional groups attached to an aromatic ring is 1. The summed E-state index contributed by atoms with van der Waals surface area (Å²) in [5.74, 6) is -0.592. The standard InChI is InChI=1S/C11H19N5O2/c1-11(2,3)14-8(17)6-16(4)10(18)9-7(12)5-13-15-9/h5H,6,12H2,1-4H3,(H,13,15)(H,14,17). The van der Waals surface area contributed by atoms with Crippen molar-refractivity contribution in [2.45, 2.75) is 26.3 Å². The van der Waals surface area contributed by atoms with Gasteiger partial charge in [0, 0.05) is 12.6 Å². The first-order valence-electron chi connectivity index (χ1n) is 5.56. The third-order valence-electron chi connectivity index (χ3n) is 2.12. The molecule has 0 bridgehead atoms. The van der Waals surface area contributed by atoms with Crippen LogP contribution in [0.5, 0.6) is 0 Å². The summed E-state index contributed by atoms with van der Waals surface area (Å²) >= 11 is 0. The van der Waals surface area contributed by atoms with E-state index in [2.05, 4.69) is 15.5 Å². The average molecular weight is 253 g/mol. The number of nitrogens with two attached hydrogens (primary N) is 1. The van der Waals surface area contributed by atoms with Crippen LogP contribution in [0, 0.1) is 0 Å². The number of aromatic nitrogens is 2. The largest absolute Gasteiger partial charge is 0.396 e. The van der Waals surface area contributed by atoms with E-state index in [1.165, 1.54) is 18.1 Å². The predicted molar refractivity (Wildman–Crippen MR) is 67.9 cm³/mol. The van der Waals surface area contributed by atoms with Gasteiger partial charge in [-0.3, -0.25) is 14.7 Å². The molecule has 0 saturated heterocycles. The SMILES string of the molecule is CN(CC(=O)NC(C)(C)C)C(=O)c1[nH]ncc1N. The van der Waals surface area contributed by atoms with E-state index < -0.39 is 0 Å². The molecule has 0 spiro atoms. The zero-order valence-corrected chi connectivity index (χ0v) is 11.1. The van der Waals surface area contributed by atoms with E-state index in [9.17, 15) is 9.59 Å². The number of nitrogens with one attached hydrogen (secondary N) is 2. The summed E-state index contributed by atoms with van der Waals surface area (Å²) in [7, 11) is 1.53. The molecule has 0 atom stereocenters. The number of rotatable bonds is 3. The van der Waals surface area contributed by atoms with Crippen LogP contribution in [0.3, 0.4) is 0 Å². The normalized spacial score (nSPS) is 11.1. The van der Waals surface area contributed by atoms with Crippen LogP contribution in [0.15, 0.2) is 6.20 Å². The van der Waals surface area contributed by atoms with E-state index in [4.69, 9.17) is 5.73 Å². The number of carbonyl (C=O) groups excluding carboxylic acids is 2. The van der Waals surface area contributed by atoms with Gasteiger partial charge in [-0.05, 0) is 20.8 Å². The van der Waals surface area contributed by atoms with Crippen molar-refractivity contribution in [1.29, 1.82) is 0 Å². The number of hydrogen-bond donors (Lipinski definition) is 3. The molecule has 0 aliphatic rings. The lowest BCUT2D eigenvalue weighted by molar-refractivity contribution is -0.122. The zero-order valence-electron chi connectivity index (χ0n) is 11.1. The molecule has 7 nitrogen and oxygen atoms in total. The van der Waals surface area contributed by atoms with Crippen LogP contribution in [0.4, 0.5) is 5.69 Å². The number of hydrogen-bond acceptors (Lipinski definition) is 4. The van der Waals surface area contributed by atoms with Crippen LogP contribution in [-0.4, -0.2) is 46.0 Å². The summed E-state index contributed by atoms with van der Waals surface area (Å²) in [4.78, 5) is 24.9. The van der Waals surface area contributed by atoms with Gasteiger partial charge in [-0.2, -0.15) is 5.10 Å². The second kappa shape index (κ2) is 5.07. The van der Waals surface area contributed by atoms with Gasteiger partial charge in [0.05, 0.1) is 18.4 Å². The van der Waals surface area contributed by atoms with E-state index in [1.807, 2.05) is 20.8 Å². The highest BCUT2D eigenvalue weighted by Gasteiger charge is 2.20. The van der Waals surface area contributed by atoms with E-state index >= 15 is 0 Å². The lowest BCUT2D eigenvalue weighted by Crippen LogP contribution is -2.46. The predicted octanol–water partition coefficient (Wildman–Crippen LogP) is -0.0214. The minimum absolute atomic E-state index is 0.0332. The van der Waals surface area contributed by atoms with E-state index in [0.717, 1.165) is 0 Å². The first-order chi connectivity index (χ1) is 8.20. The van der Waals surface area contributed by atoms with Crippen molar-refractivity contribution in [1.82, 2.24) is 20.4 Å². The monoisotopic (exact) mass is 253 g/mol. The Morgan fingerprint density at radius 2 is 2.11 bits per heavy atom. The van der Waals surface area contributed by atoms with Crippen LogP contribution in [0.25, 0.3) is 0 Å². The van der Waals surface area contributed by atoms with Crippen molar-refractivity contribution in [2.24, 2.45) is 0 Å². The van der Waals surface area contributed by atoms with Crippen LogP contribution in [0.2, 0.25) is 0 Å². The Balaban J connectivity index is 2.61. The summed E-state index contributed by atoms with van der Waals surface area (Å²) in [5, 5.41) is 8.95. The molecule has 0 aliphatic heterocycles. The fourth-order valence-corrected chi connectivity index (χ4v) is 1.40. The van der Waals surface area contributed by atoms with Crippen molar-refractivity contribution >= 4 is 17.5 Å². The van der Waals surface area contributed by atoms with Crippen LogP contribution >= 0.6 is 0 Å². The number of anilines is 1. The first kappa shape index (κ1) is 14.0. The van der Waals surface area contributed by atoms with Crippen molar-refractivity contribution in [2.75, 3.05) is 19.3 Å². The molecular weight excluding hydrogens is 234 g/mol. The minimum Gasteiger partial charge on any atom is -0.396 e. The molecule has 18 heavy (non-hydrogen) atoms. The second-order valence-corrected chi connectivity index (χ2v) is 5.16. The van der Waals surface area contributed by atoms with Crippen molar-refractivity contribution in [3.05, 3.63) is 11.9 Å². The Labute approximate surface area is 106 Å². The molecule has 1 aromatic rings. The Kier molecular flexibility index (Phi) is 3.95. The maximum Gasteiger partial charge on any atom is 0.274 e. The van der Waals surface area contributed by atoms with Crippen LogP contribution < -0.4 is 11.1 Å². The summed E-state index contributed by atoms with van der Waals surface area (Å²) in [6.07, 6.45) is 1.36. The molecule has 0 aromatic carbocycles. The Hall–Kier alpha value is -2.05. The molecule has 0 radical (unpaired) electrons. The fourth-order valence-electron chi connectivity index (χ4n) is 1.40. The van der Waals surface area contributed by atoms with Crippen LogP contribution in [0.1, 0.15) is 31.3 Å². The molecule has 0 unspecified atom stereocenters. The minimum atomic E-state index is -0.367. The number of carbonyl (C=O) groups is 2. The first-order valence-corrected chi connectivity index (χ1v) is 5.56. The third-order valence-corrected chi connectivity index (χ3v) is 2.12. The van der Waals surface area contributed by atoms with Gasteiger partial charge in [0.2, 0.25) is 5.91 Å². The highest BCUT2D eigenvalue weighted by Crippen LogP contribution is 2.08. The molecular formula is C11H19N5O2. The molecule has 1 heterocycles. The second-order valence-electron chi connectivity index (χ2n) is 5.16. The molecule has 4 N–H and O–H groups in total. The van der Waals surface area contributed by atoms with Gasteiger partial charge in [-0.15, -0.1) is 0 Å². The summed E-state index contributed by atoms with van der Waals surface area (Å²) in [6.45, 7) is 5.59. The van der Waals surface area contributed by atoms with Gasteiger partial charge in [-0.1, -0.05) is 0 Å². The van der Waals surface area contributed by atoms with E-state index in [0.29, 0.717) is 0 Å². The summed E-state index contributed by atoms with van der Waals surface area (Å²) in [6, 6.07) is 0. The average Bonchev–Trinajstić information content (AvgIpc) is 2.60. The Morgan fingerprint density at radius 3 is 2.56 bits per heavy atom. The lowest BCUT2D eigenvalue weighted by atomic mass is 10.1. The van der Waals surface area contributed by atoms with Gasteiger partial charge in [0.25, 0.3) is 5.91 Å². The van der Waals surface area contributed by atoms with Crippen molar-refractivity contribution in [3.63, 3.8) is 0 Å². The molecule has 1 rings (SSSR count). The number of H-pyrrole nitrogens is 1. The number of nitrogens with zero attached hydrogens (tertiary/aromatic N) is 2. The van der Waals surface area contributed by atoms with Crippen molar-refractivity contribution in [3.8, 4) is 0 Å². The Morgan fingerprint density at radius 1 is 1.50 bits per heavy atom. The van der Waals surface area contributed by atoms with Gasteiger partial charge in [-0.25, -0.2) is 0 Å². The third kappa shape index (κ3) is 3.76. The Bertz CT molecular complexity index is 447. The fraction of sp³-hybridized carbons (Fsp3) is 0.545. The maximum absolute atomic E-state index is 11.9. The van der Waals surface area contributed by atoms with Crippen LogP contribution in [-0.2, 0) is 4.79 Å². The van der Waals surface area contributed by atoms with Crippen molar-refractivity contribution < 1.29 is 9.59 Å². The zero-order chi connectivity index (χ0) is 13.9. The van der Waals surface area contributed by atoms with E-state index in [-0.39, 0.29) is 35.3 Å². The van der Waals surface area contributed by atoms with Gasteiger partial charge < -0.3 is 16.0 Å². The number of amides is 2. The summed E-state index contributed by atoms with van der Waals surface area (Å²) in [5.41, 5.74) is 5.71. The molecule has 100 valence electrons.